The highest BCUT2D eigenvalue weighted by atomic mass is 15.0. The van der Waals surface area contributed by atoms with E-state index in [2.05, 4.69) is 30.7 Å². The molecule has 0 amide bonds. The third-order valence-electron chi connectivity index (χ3n) is 5.35. The molecule has 2 nitrogen and oxygen atoms in total. The molecular weight excluding hydrogens is 220 g/mol. The van der Waals surface area contributed by atoms with E-state index in [1.54, 1.807) is 5.69 Å². The molecule has 0 aromatic carbocycles. The van der Waals surface area contributed by atoms with Gasteiger partial charge in [-0.15, -0.1) is 0 Å². The van der Waals surface area contributed by atoms with Gasteiger partial charge < -0.3 is 10.3 Å². The third-order valence-corrected chi connectivity index (χ3v) is 5.35. The van der Waals surface area contributed by atoms with Crippen molar-refractivity contribution in [3.8, 4) is 0 Å². The van der Waals surface area contributed by atoms with E-state index >= 15 is 0 Å². The fourth-order valence-electron chi connectivity index (χ4n) is 3.87. The molecule has 3 rings (SSSR count). The molecule has 1 aromatic rings. The van der Waals surface area contributed by atoms with E-state index in [9.17, 15) is 0 Å². The first kappa shape index (κ1) is 12.3. The quantitative estimate of drug-likeness (QED) is 0.802. The zero-order valence-corrected chi connectivity index (χ0v) is 11.7. The maximum Gasteiger partial charge on any atom is 0.0336 e. The molecule has 1 fully saturated rings. The van der Waals surface area contributed by atoms with Gasteiger partial charge in [-0.25, -0.2) is 0 Å². The molecule has 2 N–H and O–H groups in total. The van der Waals surface area contributed by atoms with Crippen LogP contribution in [-0.4, -0.2) is 4.57 Å². The Balaban J connectivity index is 1.85. The summed E-state index contributed by atoms with van der Waals surface area (Å²) in [4.78, 5) is 0. The van der Waals surface area contributed by atoms with Crippen LogP contribution in [0.1, 0.15) is 69.3 Å². The number of fused-ring (bicyclic) bond motifs is 1. The second-order valence-electron chi connectivity index (χ2n) is 6.55. The number of rotatable bonds is 1. The Hall–Kier alpha value is -0.760. The van der Waals surface area contributed by atoms with E-state index in [4.69, 9.17) is 5.73 Å². The summed E-state index contributed by atoms with van der Waals surface area (Å²) in [5.74, 6) is 1.76. The summed E-state index contributed by atoms with van der Waals surface area (Å²) in [5, 5.41) is 0. The first-order valence-electron chi connectivity index (χ1n) is 7.62. The van der Waals surface area contributed by atoms with Gasteiger partial charge in [-0.3, -0.25) is 0 Å². The lowest BCUT2D eigenvalue weighted by molar-refractivity contribution is 0.208. The molecule has 1 aromatic heterocycles. The fourth-order valence-corrected chi connectivity index (χ4v) is 3.87. The van der Waals surface area contributed by atoms with E-state index in [1.807, 2.05) is 0 Å². The van der Waals surface area contributed by atoms with Crippen molar-refractivity contribution in [1.82, 2.24) is 4.57 Å². The van der Waals surface area contributed by atoms with Crippen molar-refractivity contribution in [2.75, 3.05) is 0 Å². The van der Waals surface area contributed by atoms with Gasteiger partial charge in [0.1, 0.15) is 0 Å². The number of nitrogens with zero attached hydrogens (tertiary/aromatic N) is 1. The van der Waals surface area contributed by atoms with Crippen LogP contribution in [0.4, 0.5) is 0 Å². The highest BCUT2D eigenvalue weighted by molar-refractivity contribution is 5.29. The van der Waals surface area contributed by atoms with E-state index in [0.717, 1.165) is 24.3 Å². The van der Waals surface area contributed by atoms with Gasteiger partial charge in [0.15, 0.2) is 0 Å². The van der Waals surface area contributed by atoms with Crippen molar-refractivity contribution in [1.29, 1.82) is 0 Å². The summed E-state index contributed by atoms with van der Waals surface area (Å²) in [5.41, 5.74) is 9.19. The van der Waals surface area contributed by atoms with Crippen LogP contribution in [0.25, 0.3) is 0 Å². The van der Waals surface area contributed by atoms with Gasteiger partial charge in [0.25, 0.3) is 0 Å². The number of nitrogens with two attached hydrogens (primary N) is 1. The lowest BCUT2D eigenvalue weighted by Crippen LogP contribution is -2.25. The fraction of sp³-hybridized carbons (Fsp3) is 0.750. The van der Waals surface area contributed by atoms with Gasteiger partial charge in [0.05, 0.1) is 0 Å². The predicted molar refractivity (Wildman–Crippen MR) is 75.5 cm³/mol. The van der Waals surface area contributed by atoms with E-state index in [1.165, 1.54) is 37.7 Å². The Morgan fingerprint density at radius 2 is 2.00 bits per heavy atom. The van der Waals surface area contributed by atoms with Crippen LogP contribution < -0.4 is 5.73 Å². The smallest absolute Gasteiger partial charge is 0.0336 e. The van der Waals surface area contributed by atoms with Gasteiger partial charge in [-0.1, -0.05) is 13.8 Å². The number of aromatic nitrogens is 1. The van der Waals surface area contributed by atoms with Gasteiger partial charge in [0, 0.05) is 24.0 Å². The Kier molecular flexibility index (Phi) is 3.23. The summed E-state index contributed by atoms with van der Waals surface area (Å²) in [6.45, 7) is 4.82. The van der Waals surface area contributed by atoms with Crippen LogP contribution in [0.5, 0.6) is 0 Å². The molecule has 0 bridgehead atoms. The van der Waals surface area contributed by atoms with Crippen LogP contribution in [0.2, 0.25) is 0 Å². The average molecular weight is 246 g/mol. The van der Waals surface area contributed by atoms with Crippen molar-refractivity contribution in [3.05, 3.63) is 23.5 Å². The highest BCUT2D eigenvalue weighted by Gasteiger charge is 2.28. The molecular formula is C16H26N2. The third kappa shape index (κ3) is 2.01. The van der Waals surface area contributed by atoms with Crippen molar-refractivity contribution >= 4 is 0 Å². The van der Waals surface area contributed by atoms with Crippen LogP contribution >= 0.6 is 0 Å². The molecule has 4 unspecified atom stereocenters. The molecule has 1 saturated carbocycles. The normalized spacial score (nSPS) is 36.4. The highest BCUT2D eigenvalue weighted by Crippen LogP contribution is 2.39. The van der Waals surface area contributed by atoms with Crippen LogP contribution in [-0.2, 0) is 6.42 Å². The minimum atomic E-state index is 0.287. The number of hydrogen-bond acceptors (Lipinski definition) is 1. The molecule has 0 aliphatic heterocycles. The minimum absolute atomic E-state index is 0.287. The van der Waals surface area contributed by atoms with Crippen molar-refractivity contribution < 1.29 is 0 Å². The molecule has 0 spiro atoms. The van der Waals surface area contributed by atoms with Crippen LogP contribution in [0, 0.1) is 11.8 Å². The maximum absolute atomic E-state index is 6.23. The Labute approximate surface area is 111 Å². The first-order chi connectivity index (χ1) is 8.66. The topological polar surface area (TPSA) is 30.9 Å². The second kappa shape index (κ2) is 4.73. The molecule has 2 heteroatoms. The summed E-state index contributed by atoms with van der Waals surface area (Å²) >= 11 is 0. The van der Waals surface area contributed by atoms with E-state index in [-0.39, 0.29) is 6.04 Å². The van der Waals surface area contributed by atoms with Gasteiger partial charge in [-0.2, -0.15) is 0 Å². The molecule has 1 heterocycles. The lowest BCUT2D eigenvalue weighted by atomic mass is 9.79. The molecule has 4 atom stereocenters. The van der Waals surface area contributed by atoms with E-state index < -0.39 is 0 Å². The molecule has 0 radical (unpaired) electrons. The molecule has 0 saturated heterocycles. The van der Waals surface area contributed by atoms with Crippen molar-refractivity contribution in [2.45, 2.75) is 64.5 Å². The van der Waals surface area contributed by atoms with Crippen molar-refractivity contribution in [2.24, 2.45) is 17.6 Å². The molecule has 2 aliphatic carbocycles. The summed E-state index contributed by atoms with van der Waals surface area (Å²) in [6, 6.07) is 3.29. The Bertz CT molecular complexity index is 421. The summed E-state index contributed by atoms with van der Waals surface area (Å²) in [6.07, 6.45) is 10.0. The zero-order chi connectivity index (χ0) is 12.7. The Morgan fingerprint density at radius 1 is 1.17 bits per heavy atom. The summed E-state index contributed by atoms with van der Waals surface area (Å²) in [7, 11) is 0. The maximum atomic E-state index is 6.23. The van der Waals surface area contributed by atoms with Crippen LogP contribution in [0.3, 0.4) is 0 Å². The first-order valence-corrected chi connectivity index (χ1v) is 7.62. The van der Waals surface area contributed by atoms with Crippen molar-refractivity contribution in [3.63, 3.8) is 0 Å². The lowest BCUT2D eigenvalue weighted by Gasteiger charge is -2.34. The zero-order valence-electron chi connectivity index (χ0n) is 11.7. The minimum Gasteiger partial charge on any atom is -0.348 e. The molecule has 18 heavy (non-hydrogen) atoms. The average Bonchev–Trinajstić information content (AvgIpc) is 2.78. The SMILES string of the molecule is CC1CCC(n2ccc3c2CCCC3N)CC1C. The molecule has 2 aliphatic rings. The summed E-state index contributed by atoms with van der Waals surface area (Å²) < 4.78 is 2.57. The van der Waals surface area contributed by atoms with Gasteiger partial charge in [0.2, 0.25) is 0 Å². The Morgan fingerprint density at radius 3 is 2.78 bits per heavy atom. The second-order valence-corrected chi connectivity index (χ2v) is 6.55. The van der Waals surface area contributed by atoms with Gasteiger partial charge in [-0.05, 0) is 62.0 Å². The molecule has 100 valence electrons. The van der Waals surface area contributed by atoms with Crippen LogP contribution in [0.15, 0.2) is 12.3 Å². The largest absolute Gasteiger partial charge is 0.348 e. The van der Waals surface area contributed by atoms with Gasteiger partial charge >= 0.3 is 0 Å². The van der Waals surface area contributed by atoms with E-state index in [0.29, 0.717) is 0 Å². The standard InChI is InChI=1S/C16H26N2/c1-11-6-7-13(10-12(11)2)18-9-8-14-15(17)4-3-5-16(14)18/h8-9,11-13,15H,3-7,10,17H2,1-2H3. The monoisotopic (exact) mass is 246 g/mol. The predicted octanol–water partition coefficient (Wildman–Crippen LogP) is 3.82. The number of hydrogen-bond donors (Lipinski definition) is 1.